The highest BCUT2D eigenvalue weighted by Crippen LogP contribution is 2.31. The molecule has 1 aromatic rings. The molecule has 2 heterocycles. The molecule has 1 N–H and O–H groups in total. The first-order valence-corrected chi connectivity index (χ1v) is 5.71. The van der Waals surface area contributed by atoms with Crippen LogP contribution in [-0.2, 0) is 4.79 Å². The smallest absolute Gasteiger partial charge is 0.326 e. The predicted octanol–water partition coefficient (Wildman–Crippen LogP) is 1.15. The maximum atomic E-state index is 11.1. The van der Waals surface area contributed by atoms with Crippen LogP contribution >= 0.6 is 11.3 Å². The maximum absolute atomic E-state index is 11.1. The molecule has 1 aliphatic heterocycles. The molecule has 0 bridgehead atoms. The Hall–Kier alpha value is -1.17. The third kappa shape index (κ3) is 1.81. The van der Waals surface area contributed by atoms with Gasteiger partial charge in [-0.2, -0.15) is 0 Å². The lowest BCUT2D eigenvalue weighted by Crippen LogP contribution is -2.38. The van der Waals surface area contributed by atoms with Gasteiger partial charge in [0.05, 0.1) is 0 Å². The average molecular weight is 227 g/mol. The van der Waals surface area contributed by atoms with Gasteiger partial charge >= 0.3 is 5.97 Å². The van der Waals surface area contributed by atoms with Gasteiger partial charge in [-0.25, -0.2) is 4.79 Å². The Balaban J connectivity index is 2.25. The van der Waals surface area contributed by atoms with Gasteiger partial charge in [0.2, 0.25) is 5.13 Å². The number of carboxylic acid groups (broad SMARTS) is 1. The van der Waals surface area contributed by atoms with E-state index in [2.05, 4.69) is 10.2 Å². The van der Waals surface area contributed by atoms with Crippen molar-refractivity contribution < 1.29 is 9.90 Å². The van der Waals surface area contributed by atoms with Crippen LogP contribution in [0.15, 0.2) is 0 Å². The van der Waals surface area contributed by atoms with Crippen molar-refractivity contribution >= 4 is 22.4 Å². The number of hydrogen-bond acceptors (Lipinski definition) is 5. The fraction of sp³-hybridized carbons (Fsp3) is 0.667. The van der Waals surface area contributed by atoms with Gasteiger partial charge in [0.25, 0.3) is 0 Å². The molecule has 2 unspecified atom stereocenters. The first-order chi connectivity index (χ1) is 7.09. The fourth-order valence-corrected chi connectivity index (χ4v) is 2.69. The van der Waals surface area contributed by atoms with Gasteiger partial charge < -0.3 is 10.0 Å². The summed E-state index contributed by atoms with van der Waals surface area (Å²) in [5, 5.41) is 18.6. The highest BCUT2D eigenvalue weighted by atomic mass is 32.1. The Labute approximate surface area is 91.7 Å². The SMILES string of the molecule is Cc1nnc(N2CCC(C)C2C(=O)O)s1. The van der Waals surface area contributed by atoms with E-state index in [1.807, 2.05) is 18.7 Å². The van der Waals surface area contributed by atoms with Crippen LogP contribution in [0.3, 0.4) is 0 Å². The van der Waals surface area contributed by atoms with Crippen LogP contribution in [0.25, 0.3) is 0 Å². The van der Waals surface area contributed by atoms with Crippen molar-refractivity contribution in [3.63, 3.8) is 0 Å². The topological polar surface area (TPSA) is 66.3 Å². The normalized spacial score (nSPS) is 25.9. The first-order valence-electron chi connectivity index (χ1n) is 4.89. The van der Waals surface area contributed by atoms with Gasteiger partial charge in [0.15, 0.2) is 0 Å². The third-order valence-electron chi connectivity index (χ3n) is 2.71. The number of aromatic nitrogens is 2. The summed E-state index contributed by atoms with van der Waals surface area (Å²) in [5.74, 6) is -0.598. The van der Waals surface area contributed by atoms with E-state index in [-0.39, 0.29) is 5.92 Å². The summed E-state index contributed by atoms with van der Waals surface area (Å²) in [6.07, 6.45) is 0.898. The van der Waals surface area contributed by atoms with Crippen LogP contribution in [0, 0.1) is 12.8 Å². The van der Waals surface area contributed by atoms with Gasteiger partial charge in [-0.05, 0) is 19.3 Å². The van der Waals surface area contributed by atoms with Crippen molar-refractivity contribution in [3.8, 4) is 0 Å². The molecule has 0 radical (unpaired) electrons. The zero-order valence-electron chi connectivity index (χ0n) is 8.67. The van der Waals surface area contributed by atoms with Crippen molar-refractivity contribution in [1.82, 2.24) is 10.2 Å². The molecule has 15 heavy (non-hydrogen) atoms. The Morgan fingerprint density at radius 1 is 1.60 bits per heavy atom. The number of aryl methyl sites for hydroxylation is 1. The molecule has 6 heteroatoms. The minimum absolute atomic E-state index is 0.173. The predicted molar refractivity (Wildman–Crippen MR) is 57.2 cm³/mol. The lowest BCUT2D eigenvalue weighted by molar-refractivity contribution is -0.139. The second kappa shape index (κ2) is 3.77. The Morgan fingerprint density at radius 2 is 2.33 bits per heavy atom. The molecule has 5 nitrogen and oxygen atoms in total. The molecule has 0 aliphatic carbocycles. The second-order valence-corrected chi connectivity index (χ2v) is 5.01. The largest absolute Gasteiger partial charge is 0.480 e. The van der Waals surface area contributed by atoms with Crippen LogP contribution in [-0.4, -0.2) is 33.9 Å². The zero-order chi connectivity index (χ0) is 11.0. The van der Waals surface area contributed by atoms with Crippen LogP contribution < -0.4 is 4.90 Å². The second-order valence-electron chi connectivity index (χ2n) is 3.85. The molecule has 0 saturated carbocycles. The number of carboxylic acids is 1. The van der Waals surface area contributed by atoms with Crippen LogP contribution in [0.5, 0.6) is 0 Å². The van der Waals surface area contributed by atoms with Gasteiger partial charge in [0.1, 0.15) is 11.0 Å². The number of hydrogen-bond donors (Lipinski definition) is 1. The molecule has 0 amide bonds. The summed E-state index contributed by atoms with van der Waals surface area (Å²) in [7, 11) is 0. The first kappa shape index (κ1) is 10.4. The third-order valence-corrected chi connectivity index (χ3v) is 3.59. The zero-order valence-corrected chi connectivity index (χ0v) is 9.49. The molecule has 1 fully saturated rings. The number of aliphatic carboxylic acids is 1. The van der Waals surface area contributed by atoms with E-state index < -0.39 is 12.0 Å². The van der Waals surface area contributed by atoms with E-state index in [0.717, 1.165) is 23.1 Å². The Morgan fingerprint density at radius 3 is 2.87 bits per heavy atom. The molecule has 1 aromatic heterocycles. The lowest BCUT2D eigenvalue weighted by Gasteiger charge is -2.21. The number of anilines is 1. The lowest BCUT2D eigenvalue weighted by atomic mass is 10.0. The summed E-state index contributed by atoms with van der Waals surface area (Å²) >= 11 is 1.45. The molecular formula is C9H13N3O2S. The van der Waals surface area contributed by atoms with Crippen molar-refractivity contribution in [2.45, 2.75) is 26.3 Å². The molecule has 2 rings (SSSR count). The van der Waals surface area contributed by atoms with E-state index in [1.165, 1.54) is 11.3 Å². The van der Waals surface area contributed by atoms with Crippen molar-refractivity contribution in [2.24, 2.45) is 5.92 Å². The molecule has 2 atom stereocenters. The van der Waals surface area contributed by atoms with E-state index >= 15 is 0 Å². The summed E-state index contributed by atoms with van der Waals surface area (Å²) in [6, 6.07) is -0.447. The van der Waals surface area contributed by atoms with Crippen LogP contribution in [0.1, 0.15) is 18.4 Å². The van der Waals surface area contributed by atoms with Gasteiger partial charge in [0, 0.05) is 6.54 Å². The van der Waals surface area contributed by atoms with E-state index in [9.17, 15) is 4.79 Å². The van der Waals surface area contributed by atoms with Gasteiger partial charge in [-0.3, -0.25) is 0 Å². The number of nitrogens with zero attached hydrogens (tertiary/aromatic N) is 3. The van der Waals surface area contributed by atoms with E-state index in [4.69, 9.17) is 5.11 Å². The van der Waals surface area contributed by atoms with Crippen LogP contribution in [0.2, 0.25) is 0 Å². The van der Waals surface area contributed by atoms with E-state index in [0.29, 0.717) is 0 Å². The standard InChI is InChI=1S/C9H13N3O2S/c1-5-3-4-12(7(5)8(13)14)9-11-10-6(2)15-9/h5,7H,3-4H2,1-2H3,(H,13,14). The summed E-state index contributed by atoms with van der Waals surface area (Å²) in [5.41, 5.74) is 0. The summed E-state index contributed by atoms with van der Waals surface area (Å²) < 4.78 is 0. The number of rotatable bonds is 2. The molecule has 0 aromatic carbocycles. The molecule has 0 spiro atoms. The minimum atomic E-state index is -0.771. The number of carbonyl (C=O) groups is 1. The quantitative estimate of drug-likeness (QED) is 0.820. The Kier molecular flexibility index (Phi) is 2.60. The van der Waals surface area contributed by atoms with Gasteiger partial charge in [-0.1, -0.05) is 18.3 Å². The maximum Gasteiger partial charge on any atom is 0.326 e. The molecule has 82 valence electrons. The summed E-state index contributed by atoms with van der Waals surface area (Å²) in [4.78, 5) is 13.0. The molecular weight excluding hydrogens is 214 g/mol. The van der Waals surface area contributed by atoms with Crippen molar-refractivity contribution in [1.29, 1.82) is 0 Å². The minimum Gasteiger partial charge on any atom is -0.480 e. The monoisotopic (exact) mass is 227 g/mol. The van der Waals surface area contributed by atoms with Crippen molar-refractivity contribution in [2.75, 3.05) is 11.4 Å². The summed E-state index contributed by atoms with van der Waals surface area (Å²) in [6.45, 7) is 4.59. The fourth-order valence-electron chi connectivity index (χ4n) is 1.94. The highest BCUT2D eigenvalue weighted by Gasteiger charge is 2.38. The average Bonchev–Trinajstić information content (AvgIpc) is 2.71. The van der Waals surface area contributed by atoms with Gasteiger partial charge in [-0.15, -0.1) is 10.2 Å². The molecule has 1 saturated heterocycles. The van der Waals surface area contributed by atoms with Crippen LogP contribution in [0.4, 0.5) is 5.13 Å². The Bertz CT molecular complexity index is 379. The van der Waals surface area contributed by atoms with E-state index in [1.54, 1.807) is 0 Å². The highest BCUT2D eigenvalue weighted by molar-refractivity contribution is 7.15. The molecule has 1 aliphatic rings. The van der Waals surface area contributed by atoms with Crippen molar-refractivity contribution in [3.05, 3.63) is 5.01 Å².